The van der Waals surface area contributed by atoms with Crippen molar-refractivity contribution < 1.29 is 18.0 Å². The Labute approximate surface area is 106 Å². The molecule has 98 valence electrons. The van der Waals surface area contributed by atoms with Gasteiger partial charge in [0.2, 0.25) is 0 Å². The number of carbonyl (C=O) groups is 1. The van der Waals surface area contributed by atoms with E-state index in [1.54, 1.807) is 0 Å². The molecule has 3 nitrogen and oxygen atoms in total. The van der Waals surface area contributed by atoms with E-state index in [9.17, 15) is 18.0 Å². The Morgan fingerprint density at radius 3 is 2.63 bits per heavy atom. The van der Waals surface area contributed by atoms with Gasteiger partial charge in [0.05, 0.1) is 5.56 Å². The van der Waals surface area contributed by atoms with Gasteiger partial charge in [-0.25, -0.2) is 13.2 Å². The van der Waals surface area contributed by atoms with Gasteiger partial charge in [0.1, 0.15) is 5.52 Å². The zero-order valence-corrected chi connectivity index (χ0v) is 9.71. The lowest BCUT2D eigenvalue weighted by molar-refractivity contribution is 0.0951. The molecule has 0 spiro atoms. The van der Waals surface area contributed by atoms with Gasteiger partial charge < -0.3 is 5.32 Å². The van der Waals surface area contributed by atoms with Crippen LogP contribution >= 0.6 is 0 Å². The van der Waals surface area contributed by atoms with Crippen molar-refractivity contribution >= 4 is 16.8 Å². The summed E-state index contributed by atoms with van der Waals surface area (Å²) in [5.74, 6) is -4.55. The Hall–Kier alpha value is -2.11. The number of carbonyl (C=O) groups excluding carboxylic acids is 1. The zero-order valence-electron chi connectivity index (χ0n) is 9.71. The molecular weight excluding hydrogens is 257 g/mol. The quantitative estimate of drug-likeness (QED) is 0.849. The number of nitrogens with one attached hydrogen (secondary N) is 1. The van der Waals surface area contributed by atoms with E-state index in [-0.39, 0.29) is 28.4 Å². The van der Waals surface area contributed by atoms with Gasteiger partial charge in [-0.1, -0.05) is 0 Å². The van der Waals surface area contributed by atoms with Crippen LogP contribution in [0.25, 0.3) is 10.9 Å². The maximum absolute atomic E-state index is 13.4. The Balaban J connectivity index is 2.05. The summed E-state index contributed by atoms with van der Waals surface area (Å²) in [7, 11) is 0. The lowest BCUT2D eigenvalue weighted by Gasteiger charge is -2.05. The first-order chi connectivity index (χ1) is 9.06. The molecule has 0 radical (unpaired) electrons. The third-order valence-electron chi connectivity index (χ3n) is 2.98. The van der Waals surface area contributed by atoms with E-state index < -0.39 is 17.5 Å². The van der Waals surface area contributed by atoms with Gasteiger partial charge in [0.15, 0.2) is 17.5 Å². The molecule has 1 aromatic heterocycles. The molecule has 1 fully saturated rings. The van der Waals surface area contributed by atoms with Gasteiger partial charge in [0, 0.05) is 17.6 Å². The van der Waals surface area contributed by atoms with Crippen LogP contribution in [0.2, 0.25) is 0 Å². The molecule has 0 saturated heterocycles. The number of halogens is 3. The maximum Gasteiger partial charge on any atom is 0.253 e. The summed E-state index contributed by atoms with van der Waals surface area (Å²) < 4.78 is 39.6. The van der Waals surface area contributed by atoms with Gasteiger partial charge in [-0.2, -0.15) is 0 Å². The average Bonchev–Trinajstić information content (AvgIpc) is 3.19. The summed E-state index contributed by atoms with van der Waals surface area (Å²) in [6.07, 6.45) is 3.02. The minimum atomic E-state index is -1.56. The molecule has 1 N–H and O–H groups in total. The molecule has 0 unspecified atom stereocenters. The molecular formula is C13H9F3N2O. The van der Waals surface area contributed by atoms with E-state index in [1.165, 1.54) is 6.07 Å². The highest BCUT2D eigenvalue weighted by Crippen LogP contribution is 2.23. The first kappa shape index (κ1) is 12.0. The molecule has 0 bridgehead atoms. The third kappa shape index (κ3) is 2.14. The van der Waals surface area contributed by atoms with Crippen LogP contribution in [0.3, 0.4) is 0 Å². The van der Waals surface area contributed by atoms with E-state index in [0.29, 0.717) is 0 Å². The number of amides is 1. The van der Waals surface area contributed by atoms with Crippen molar-refractivity contribution in [2.45, 2.75) is 18.9 Å². The predicted molar refractivity (Wildman–Crippen MR) is 62.1 cm³/mol. The van der Waals surface area contributed by atoms with Gasteiger partial charge in [-0.3, -0.25) is 9.78 Å². The third-order valence-corrected chi connectivity index (χ3v) is 2.98. The second kappa shape index (κ2) is 4.22. The summed E-state index contributed by atoms with van der Waals surface area (Å²) in [6, 6.07) is 2.30. The van der Waals surface area contributed by atoms with Crippen LogP contribution in [0.15, 0.2) is 18.3 Å². The zero-order chi connectivity index (χ0) is 13.6. The smallest absolute Gasteiger partial charge is 0.253 e. The minimum Gasteiger partial charge on any atom is -0.349 e. The van der Waals surface area contributed by atoms with Crippen LogP contribution in [0, 0.1) is 17.5 Å². The Morgan fingerprint density at radius 1 is 1.21 bits per heavy atom. The molecule has 3 rings (SSSR count). The SMILES string of the molecule is O=C(NC1CC1)c1cnc2c(F)c(F)c(F)cc2c1. The van der Waals surface area contributed by atoms with E-state index in [0.717, 1.165) is 25.1 Å². The molecule has 0 aliphatic heterocycles. The Morgan fingerprint density at radius 2 is 1.95 bits per heavy atom. The first-order valence-corrected chi connectivity index (χ1v) is 5.80. The van der Waals surface area contributed by atoms with Crippen molar-refractivity contribution in [3.63, 3.8) is 0 Å². The molecule has 2 aromatic rings. The highest BCUT2D eigenvalue weighted by molar-refractivity contribution is 5.97. The highest BCUT2D eigenvalue weighted by atomic mass is 19.2. The van der Waals surface area contributed by atoms with Gasteiger partial charge in [-0.15, -0.1) is 0 Å². The molecule has 19 heavy (non-hydrogen) atoms. The van der Waals surface area contributed by atoms with Crippen molar-refractivity contribution in [2.75, 3.05) is 0 Å². The first-order valence-electron chi connectivity index (χ1n) is 5.80. The fraction of sp³-hybridized carbons (Fsp3) is 0.231. The summed E-state index contributed by atoms with van der Waals surface area (Å²) in [5.41, 5.74) is -0.0910. The summed E-state index contributed by atoms with van der Waals surface area (Å²) in [6.45, 7) is 0. The van der Waals surface area contributed by atoms with Crippen molar-refractivity contribution in [3.8, 4) is 0 Å². The maximum atomic E-state index is 13.4. The summed E-state index contributed by atoms with van der Waals surface area (Å²) in [5, 5.41) is 2.79. The number of fused-ring (bicyclic) bond motifs is 1. The number of pyridine rings is 1. The summed E-state index contributed by atoms with van der Waals surface area (Å²) >= 11 is 0. The number of nitrogens with zero attached hydrogens (tertiary/aromatic N) is 1. The summed E-state index contributed by atoms with van der Waals surface area (Å²) in [4.78, 5) is 15.5. The monoisotopic (exact) mass is 266 g/mol. The topological polar surface area (TPSA) is 42.0 Å². The van der Waals surface area contributed by atoms with Crippen LogP contribution in [0.1, 0.15) is 23.2 Å². The van der Waals surface area contributed by atoms with E-state index in [2.05, 4.69) is 10.3 Å². The molecule has 6 heteroatoms. The number of rotatable bonds is 2. The van der Waals surface area contributed by atoms with Gasteiger partial charge in [-0.05, 0) is 25.0 Å². The van der Waals surface area contributed by atoms with Gasteiger partial charge >= 0.3 is 0 Å². The van der Waals surface area contributed by atoms with E-state index >= 15 is 0 Å². The predicted octanol–water partition coefficient (Wildman–Crippen LogP) is 2.54. The van der Waals surface area contributed by atoms with Crippen LogP contribution in [-0.4, -0.2) is 16.9 Å². The normalized spacial score (nSPS) is 14.7. The molecule has 1 aliphatic carbocycles. The Kier molecular flexibility index (Phi) is 2.66. The second-order valence-corrected chi connectivity index (χ2v) is 4.53. The number of hydrogen-bond donors (Lipinski definition) is 1. The fourth-order valence-electron chi connectivity index (χ4n) is 1.80. The molecule has 1 heterocycles. The molecule has 1 aliphatic rings. The van der Waals surface area contributed by atoms with Crippen molar-refractivity contribution in [1.82, 2.24) is 10.3 Å². The van der Waals surface area contributed by atoms with Crippen LogP contribution in [0.5, 0.6) is 0 Å². The highest BCUT2D eigenvalue weighted by Gasteiger charge is 2.24. The molecule has 0 atom stereocenters. The largest absolute Gasteiger partial charge is 0.349 e. The standard InChI is InChI=1S/C13H9F3N2O/c14-9-4-6-3-7(13(19)18-8-1-2-8)5-17-12(6)11(16)10(9)15/h3-5,8H,1-2H2,(H,18,19). The molecule has 1 amide bonds. The second-order valence-electron chi connectivity index (χ2n) is 4.53. The van der Waals surface area contributed by atoms with Crippen molar-refractivity contribution in [1.29, 1.82) is 0 Å². The molecule has 1 saturated carbocycles. The van der Waals surface area contributed by atoms with E-state index in [4.69, 9.17) is 0 Å². The fourth-order valence-corrected chi connectivity index (χ4v) is 1.80. The van der Waals surface area contributed by atoms with Crippen LogP contribution < -0.4 is 5.32 Å². The van der Waals surface area contributed by atoms with Gasteiger partial charge in [0.25, 0.3) is 5.91 Å². The minimum absolute atomic E-state index is 0.0554. The van der Waals surface area contributed by atoms with Crippen LogP contribution in [0.4, 0.5) is 13.2 Å². The van der Waals surface area contributed by atoms with Crippen molar-refractivity contribution in [2.24, 2.45) is 0 Å². The van der Waals surface area contributed by atoms with Crippen LogP contribution in [-0.2, 0) is 0 Å². The van der Waals surface area contributed by atoms with Crippen molar-refractivity contribution in [3.05, 3.63) is 41.3 Å². The number of benzene rings is 1. The lowest BCUT2D eigenvalue weighted by Crippen LogP contribution is -2.25. The Bertz CT molecular complexity index is 683. The number of aromatic nitrogens is 1. The molecule has 1 aromatic carbocycles. The number of hydrogen-bond acceptors (Lipinski definition) is 2. The average molecular weight is 266 g/mol. The lowest BCUT2D eigenvalue weighted by atomic mass is 10.1. The van der Waals surface area contributed by atoms with E-state index in [1.807, 2.05) is 0 Å².